The van der Waals surface area contributed by atoms with Crippen molar-refractivity contribution in [3.8, 4) is 0 Å². The van der Waals surface area contributed by atoms with Crippen LogP contribution in [0.2, 0.25) is 0 Å². The molecule has 0 atom stereocenters. The van der Waals surface area contributed by atoms with Gasteiger partial charge in [-0.05, 0) is 40.9 Å². The number of carbonyl (C=O) groups is 2. The van der Waals surface area contributed by atoms with Crippen molar-refractivity contribution in [2.24, 2.45) is 5.73 Å². The van der Waals surface area contributed by atoms with Crippen LogP contribution in [0.25, 0.3) is 6.08 Å². The summed E-state index contributed by atoms with van der Waals surface area (Å²) in [5, 5.41) is 1.30. The van der Waals surface area contributed by atoms with Crippen molar-refractivity contribution in [2.45, 2.75) is 16.4 Å². The molecule has 1 aromatic carbocycles. The van der Waals surface area contributed by atoms with E-state index in [1.165, 1.54) is 23.6 Å². The number of halogens is 3. The van der Waals surface area contributed by atoms with Gasteiger partial charge in [-0.25, -0.2) is 0 Å². The lowest BCUT2D eigenvalue weighted by molar-refractivity contribution is -0.135. The number of alkyl halides is 3. The van der Waals surface area contributed by atoms with Gasteiger partial charge in [-0.15, -0.1) is 12.6 Å². The number of thioether (sulfide) groups is 1. The Labute approximate surface area is 188 Å². The summed E-state index contributed by atoms with van der Waals surface area (Å²) in [7, 11) is 0. The third-order valence-electron chi connectivity index (χ3n) is 5.21. The van der Waals surface area contributed by atoms with Crippen LogP contribution >= 0.6 is 24.4 Å². The fourth-order valence-corrected chi connectivity index (χ4v) is 4.10. The monoisotopic (exact) mass is 472 g/mol. The van der Waals surface area contributed by atoms with Gasteiger partial charge in [-0.2, -0.15) is 13.2 Å². The topological polar surface area (TPSA) is 69.9 Å². The second-order valence-corrected chi connectivity index (χ2v) is 8.66. The predicted octanol–water partition coefficient (Wildman–Crippen LogP) is 2.40. The molecular weight excluding hydrogens is 449 g/mol. The Morgan fingerprint density at radius 1 is 1.06 bits per heavy atom. The SMILES string of the molecule is N/C(=C\S)C(=O)N1CCN(C2CN(C(=O)/C=C/c3ccc(SC(F)(F)F)cc3)C2)CC1. The molecule has 168 valence electrons. The third kappa shape index (κ3) is 6.44. The Hall–Kier alpha value is -2.11. The lowest BCUT2D eigenvalue weighted by Crippen LogP contribution is -2.64. The molecule has 2 aliphatic heterocycles. The number of rotatable bonds is 5. The quantitative estimate of drug-likeness (QED) is 0.391. The molecule has 0 bridgehead atoms. The molecule has 0 spiro atoms. The maximum atomic E-state index is 12.4. The van der Waals surface area contributed by atoms with Gasteiger partial charge in [0, 0.05) is 56.3 Å². The molecule has 2 saturated heterocycles. The molecule has 3 rings (SSSR count). The van der Waals surface area contributed by atoms with Crippen LogP contribution in [0.15, 0.2) is 46.3 Å². The average molecular weight is 473 g/mol. The molecular formula is C20H23F3N4O2S2. The van der Waals surface area contributed by atoms with Gasteiger partial charge < -0.3 is 15.5 Å². The normalized spacial score (nSPS) is 19.0. The summed E-state index contributed by atoms with van der Waals surface area (Å²) < 4.78 is 37.1. The Bertz CT molecular complexity index is 860. The van der Waals surface area contributed by atoms with Crippen LogP contribution in [0.3, 0.4) is 0 Å². The molecule has 0 aromatic heterocycles. The molecule has 0 unspecified atom stereocenters. The highest BCUT2D eigenvalue weighted by Crippen LogP contribution is 2.36. The van der Waals surface area contributed by atoms with Crippen LogP contribution in [-0.2, 0) is 9.59 Å². The number of benzene rings is 1. The summed E-state index contributed by atoms with van der Waals surface area (Å²) in [6.45, 7) is 3.81. The molecule has 2 amide bonds. The summed E-state index contributed by atoms with van der Waals surface area (Å²) in [4.78, 5) is 30.1. The number of likely N-dealkylation sites (tertiary alicyclic amines) is 1. The van der Waals surface area contributed by atoms with Crippen molar-refractivity contribution >= 4 is 42.3 Å². The number of nitrogens with two attached hydrogens (primary N) is 1. The first-order valence-corrected chi connectivity index (χ1v) is 11.0. The van der Waals surface area contributed by atoms with E-state index < -0.39 is 5.51 Å². The maximum absolute atomic E-state index is 12.4. The Balaban J connectivity index is 1.42. The molecule has 0 aliphatic carbocycles. The number of hydrogen-bond donors (Lipinski definition) is 2. The largest absolute Gasteiger partial charge is 0.446 e. The standard InChI is InChI=1S/C20H23F3N4O2S2/c21-20(22,23)31-16-4-1-14(2-5-16)3-6-18(28)27-11-15(12-27)25-7-9-26(10-8-25)19(29)17(24)13-30/h1-6,13,15,30H,7-12,24H2/b6-3+,17-13-. The minimum absolute atomic E-state index is 0.104. The average Bonchev–Trinajstić information content (AvgIpc) is 2.70. The van der Waals surface area contributed by atoms with Gasteiger partial charge in [-0.1, -0.05) is 12.1 Å². The number of nitrogens with zero attached hydrogens (tertiary/aromatic N) is 3. The van der Waals surface area contributed by atoms with E-state index in [4.69, 9.17) is 5.73 Å². The van der Waals surface area contributed by atoms with Crippen LogP contribution in [0, 0.1) is 0 Å². The van der Waals surface area contributed by atoms with Crippen molar-refractivity contribution in [3.05, 3.63) is 47.0 Å². The minimum atomic E-state index is -4.32. The molecule has 2 heterocycles. The summed E-state index contributed by atoms with van der Waals surface area (Å²) in [5.74, 6) is -0.347. The zero-order chi connectivity index (χ0) is 22.6. The molecule has 6 nitrogen and oxygen atoms in total. The molecule has 31 heavy (non-hydrogen) atoms. The lowest BCUT2D eigenvalue weighted by Gasteiger charge is -2.47. The fourth-order valence-electron chi connectivity index (χ4n) is 3.45. The second-order valence-electron chi connectivity index (χ2n) is 7.26. The Morgan fingerprint density at radius 3 is 2.23 bits per heavy atom. The summed E-state index contributed by atoms with van der Waals surface area (Å²) in [5.41, 5.74) is 2.08. The van der Waals surface area contributed by atoms with Gasteiger partial charge in [-0.3, -0.25) is 14.5 Å². The molecule has 0 saturated carbocycles. The van der Waals surface area contributed by atoms with Gasteiger partial charge in [0.2, 0.25) is 5.91 Å². The zero-order valence-corrected chi connectivity index (χ0v) is 18.3. The van der Waals surface area contributed by atoms with Crippen molar-refractivity contribution in [1.29, 1.82) is 0 Å². The smallest absolute Gasteiger partial charge is 0.394 e. The molecule has 11 heteroatoms. The third-order valence-corrected chi connectivity index (χ3v) is 6.23. The minimum Gasteiger partial charge on any atom is -0.394 e. The van der Waals surface area contributed by atoms with Crippen molar-refractivity contribution < 1.29 is 22.8 Å². The zero-order valence-electron chi connectivity index (χ0n) is 16.6. The molecule has 0 radical (unpaired) electrons. The highest BCUT2D eigenvalue weighted by atomic mass is 32.2. The molecule has 2 aliphatic rings. The predicted molar refractivity (Wildman–Crippen MR) is 117 cm³/mol. The van der Waals surface area contributed by atoms with Gasteiger partial charge in [0.1, 0.15) is 5.70 Å². The van der Waals surface area contributed by atoms with E-state index in [0.29, 0.717) is 31.7 Å². The summed E-state index contributed by atoms with van der Waals surface area (Å²) in [6.07, 6.45) is 3.03. The van der Waals surface area contributed by atoms with E-state index in [2.05, 4.69) is 17.5 Å². The van der Waals surface area contributed by atoms with Gasteiger partial charge in [0.25, 0.3) is 5.91 Å². The Kier molecular flexibility index (Phi) is 7.60. The number of thiol groups is 1. The number of piperazine rings is 1. The molecule has 1 aromatic rings. The van der Waals surface area contributed by atoms with Crippen LogP contribution < -0.4 is 5.73 Å². The highest BCUT2D eigenvalue weighted by molar-refractivity contribution is 8.00. The van der Waals surface area contributed by atoms with Crippen LogP contribution in [-0.4, -0.2) is 77.3 Å². The maximum Gasteiger partial charge on any atom is 0.446 e. The van der Waals surface area contributed by atoms with Crippen molar-refractivity contribution in [3.63, 3.8) is 0 Å². The molecule has 2 N–H and O–H groups in total. The van der Waals surface area contributed by atoms with Crippen molar-refractivity contribution in [2.75, 3.05) is 39.3 Å². The fraction of sp³-hybridized carbons (Fsp3) is 0.400. The number of amides is 2. The van der Waals surface area contributed by atoms with E-state index in [1.54, 1.807) is 28.0 Å². The van der Waals surface area contributed by atoms with Crippen LogP contribution in [0.5, 0.6) is 0 Å². The van der Waals surface area contributed by atoms with Gasteiger partial charge in [0.05, 0.1) is 0 Å². The van der Waals surface area contributed by atoms with E-state index in [9.17, 15) is 22.8 Å². The van der Waals surface area contributed by atoms with E-state index in [-0.39, 0.29) is 40.2 Å². The van der Waals surface area contributed by atoms with Gasteiger partial charge in [0.15, 0.2) is 0 Å². The molecule has 2 fully saturated rings. The van der Waals surface area contributed by atoms with E-state index in [1.807, 2.05) is 0 Å². The highest BCUT2D eigenvalue weighted by Gasteiger charge is 2.36. The summed E-state index contributed by atoms with van der Waals surface area (Å²) in [6, 6.07) is 6.12. The van der Waals surface area contributed by atoms with E-state index in [0.717, 1.165) is 13.1 Å². The Morgan fingerprint density at radius 2 is 1.68 bits per heavy atom. The second kappa shape index (κ2) is 10.0. The first-order valence-electron chi connectivity index (χ1n) is 9.62. The lowest BCUT2D eigenvalue weighted by atomic mass is 10.1. The van der Waals surface area contributed by atoms with E-state index >= 15 is 0 Å². The van der Waals surface area contributed by atoms with Gasteiger partial charge >= 0.3 is 5.51 Å². The first kappa shape index (κ1) is 23.6. The summed E-state index contributed by atoms with van der Waals surface area (Å²) >= 11 is 3.74. The van der Waals surface area contributed by atoms with Crippen LogP contribution in [0.1, 0.15) is 5.56 Å². The van der Waals surface area contributed by atoms with Crippen molar-refractivity contribution in [1.82, 2.24) is 14.7 Å². The number of hydrogen-bond acceptors (Lipinski definition) is 6. The number of carbonyl (C=O) groups excluding carboxylic acids is 2. The first-order chi connectivity index (χ1) is 14.7. The van der Waals surface area contributed by atoms with Crippen LogP contribution in [0.4, 0.5) is 13.2 Å².